The predicted octanol–water partition coefficient (Wildman–Crippen LogP) is 5.40. The summed E-state index contributed by atoms with van der Waals surface area (Å²) in [5.41, 5.74) is -0.315. The van der Waals surface area contributed by atoms with Gasteiger partial charge in [0.05, 0.1) is 11.1 Å². The minimum atomic E-state index is -4.48. The van der Waals surface area contributed by atoms with E-state index in [9.17, 15) is 18.0 Å². The molecule has 2 aliphatic rings. The highest BCUT2D eigenvalue weighted by molar-refractivity contribution is 6.04. The minimum absolute atomic E-state index is 0.122. The van der Waals surface area contributed by atoms with Crippen LogP contribution in [0.1, 0.15) is 38.8 Å². The molecule has 0 radical (unpaired) electrons. The van der Waals surface area contributed by atoms with Crippen LogP contribution in [0.5, 0.6) is 11.5 Å². The molecule has 33 heavy (non-hydrogen) atoms. The molecule has 0 saturated carbocycles. The number of hydrogen-bond acceptors (Lipinski definition) is 4. The summed E-state index contributed by atoms with van der Waals surface area (Å²) in [5, 5.41) is 2.98. The second kappa shape index (κ2) is 8.28. The summed E-state index contributed by atoms with van der Waals surface area (Å²) in [5.74, 6) is 1.32. The minimum Gasteiger partial charge on any atom is -0.454 e. The summed E-state index contributed by atoms with van der Waals surface area (Å²) in [7, 11) is 0. The number of nitrogens with one attached hydrogen (secondary N) is 1. The van der Waals surface area contributed by atoms with Crippen molar-refractivity contribution in [3.05, 3.63) is 53.6 Å². The van der Waals surface area contributed by atoms with E-state index in [1.807, 2.05) is 50.8 Å². The number of rotatable bonds is 0. The maximum absolute atomic E-state index is 13.3. The molecule has 4 rings (SSSR count). The van der Waals surface area contributed by atoms with Crippen LogP contribution in [0, 0.1) is 0 Å². The van der Waals surface area contributed by atoms with Crippen LogP contribution >= 0.6 is 0 Å². The van der Waals surface area contributed by atoms with E-state index in [4.69, 9.17) is 4.74 Å². The molecule has 1 unspecified atom stereocenters. The van der Waals surface area contributed by atoms with Crippen molar-refractivity contribution >= 4 is 17.6 Å². The second-order valence-electron chi connectivity index (χ2n) is 9.38. The first-order valence-corrected chi connectivity index (χ1v) is 10.8. The second-order valence-corrected chi connectivity index (χ2v) is 9.38. The van der Waals surface area contributed by atoms with Gasteiger partial charge in [-0.2, -0.15) is 13.2 Å². The molecule has 0 aromatic heterocycles. The molecule has 2 aliphatic heterocycles. The van der Waals surface area contributed by atoms with Crippen LogP contribution in [0.15, 0.2) is 47.5 Å². The monoisotopic (exact) mass is 460 g/mol. The molecule has 1 N–H and O–H groups in total. The van der Waals surface area contributed by atoms with E-state index < -0.39 is 11.7 Å². The zero-order chi connectivity index (χ0) is 24.0. The van der Waals surface area contributed by atoms with Crippen molar-refractivity contribution in [3.8, 4) is 11.5 Å². The van der Waals surface area contributed by atoms with E-state index in [-0.39, 0.29) is 29.0 Å². The number of amidine groups is 1. The maximum Gasteiger partial charge on any atom is 0.416 e. The van der Waals surface area contributed by atoms with Gasteiger partial charge in [0.2, 0.25) is 0 Å². The zero-order valence-electron chi connectivity index (χ0n) is 19.0. The molecule has 1 saturated heterocycles. The lowest BCUT2D eigenvalue weighted by atomic mass is 10.1. The van der Waals surface area contributed by atoms with Crippen LogP contribution in [-0.4, -0.2) is 52.9 Å². The highest BCUT2D eigenvalue weighted by atomic mass is 19.4. The van der Waals surface area contributed by atoms with Gasteiger partial charge in [-0.25, -0.2) is 9.79 Å². The molecule has 9 heteroatoms. The van der Waals surface area contributed by atoms with Crippen molar-refractivity contribution < 1.29 is 22.7 Å². The number of para-hydroxylation sites is 1. The zero-order valence-corrected chi connectivity index (χ0v) is 19.0. The van der Waals surface area contributed by atoms with Gasteiger partial charge in [0.1, 0.15) is 17.3 Å². The SMILES string of the molecule is CC1CN(C2=Nc3cc(C(F)(F)F)ccc3Oc3ccccc32)CCN1C(=O)NC(C)(C)C. The topological polar surface area (TPSA) is 57.2 Å². The van der Waals surface area contributed by atoms with Crippen molar-refractivity contribution in [3.63, 3.8) is 0 Å². The van der Waals surface area contributed by atoms with E-state index in [0.29, 0.717) is 36.8 Å². The lowest BCUT2D eigenvalue weighted by molar-refractivity contribution is -0.137. The Morgan fingerprint density at radius 1 is 1.09 bits per heavy atom. The summed E-state index contributed by atoms with van der Waals surface area (Å²) in [4.78, 5) is 21.1. The highest BCUT2D eigenvalue weighted by Gasteiger charge is 2.34. The van der Waals surface area contributed by atoms with Crippen molar-refractivity contribution in [2.45, 2.75) is 45.5 Å². The third kappa shape index (κ3) is 4.91. The number of carbonyl (C=O) groups excluding carboxylic acids is 1. The van der Waals surface area contributed by atoms with Crippen LogP contribution in [0.2, 0.25) is 0 Å². The Kier molecular flexibility index (Phi) is 5.76. The number of benzene rings is 2. The van der Waals surface area contributed by atoms with Gasteiger partial charge in [-0.1, -0.05) is 12.1 Å². The van der Waals surface area contributed by atoms with Gasteiger partial charge in [-0.3, -0.25) is 0 Å². The highest BCUT2D eigenvalue weighted by Crippen LogP contribution is 2.41. The number of amides is 2. The van der Waals surface area contributed by atoms with E-state index >= 15 is 0 Å². The predicted molar refractivity (Wildman–Crippen MR) is 120 cm³/mol. The van der Waals surface area contributed by atoms with Crippen molar-refractivity contribution in [2.24, 2.45) is 4.99 Å². The summed E-state index contributed by atoms with van der Waals surface area (Å²) in [6.07, 6.45) is -4.48. The average Bonchev–Trinajstić information content (AvgIpc) is 2.87. The van der Waals surface area contributed by atoms with Gasteiger partial charge >= 0.3 is 12.2 Å². The molecule has 0 spiro atoms. The Morgan fingerprint density at radius 2 is 1.82 bits per heavy atom. The van der Waals surface area contributed by atoms with Gasteiger partial charge in [0.25, 0.3) is 0 Å². The Morgan fingerprint density at radius 3 is 2.48 bits per heavy atom. The Balaban J connectivity index is 1.68. The molecule has 2 heterocycles. The fourth-order valence-corrected chi connectivity index (χ4v) is 3.99. The third-order valence-electron chi connectivity index (χ3n) is 5.53. The number of piperazine rings is 1. The fraction of sp³-hybridized carbons (Fsp3) is 0.417. The lowest BCUT2D eigenvalue weighted by Gasteiger charge is -2.42. The molecule has 176 valence electrons. The van der Waals surface area contributed by atoms with Crippen molar-refractivity contribution in [2.75, 3.05) is 19.6 Å². The largest absolute Gasteiger partial charge is 0.454 e. The van der Waals surface area contributed by atoms with Crippen LogP contribution < -0.4 is 10.1 Å². The van der Waals surface area contributed by atoms with E-state index in [1.165, 1.54) is 6.07 Å². The fourth-order valence-electron chi connectivity index (χ4n) is 3.99. The summed E-state index contributed by atoms with van der Waals surface area (Å²) >= 11 is 0. The first-order valence-electron chi connectivity index (χ1n) is 10.8. The van der Waals surface area contributed by atoms with E-state index in [1.54, 1.807) is 11.0 Å². The number of urea groups is 1. The van der Waals surface area contributed by atoms with E-state index in [2.05, 4.69) is 10.3 Å². The number of aliphatic imine (C=N–C) groups is 1. The number of hydrogen-bond donors (Lipinski definition) is 1. The first kappa shape index (κ1) is 22.9. The number of nitrogens with zero attached hydrogens (tertiary/aromatic N) is 3. The Hall–Kier alpha value is -3.23. The van der Waals surface area contributed by atoms with Crippen molar-refractivity contribution in [1.82, 2.24) is 15.1 Å². The standard InChI is InChI=1S/C24H27F3N4O2/c1-15-14-30(11-12-31(15)22(32)29-23(2,3)4)21-17-7-5-6-8-19(17)33-20-10-9-16(24(25,26)27)13-18(20)28-21/h5-10,13,15H,11-12,14H2,1-4H3,(H,29,32). The van der Waals surface area contributed by atoms with Gasteiger partial charge < -0.3 is 19.9 Å². The van der Waals surface area contributed by atoms with E-state index in [0.717, 1.165) is 12.1 Å². The number of halogens is 3. The van der Waals surface area contributed by atoms with Crippen LogP contribution in [0.25, 0.3) is 0 Å². The number of ether oxygens (including phenoxy) is 1. The molecule has 2 aromatic carbocycles. The molecule has 0 aliphatic carbocycles. The van der Waals surface area contributed by atoms with Gasteiger partial charge in [0.15, 0.2) is 5.75 Å². The molecular weight excluding hydrogens is 433 g/mol. The number of carbonyl (C=O) groups is 1. The molecule has 1 fully saturated rings. The quantitative estimate of drug-likeness (QED) is 0.573. The third-order valence-corrected chi connectivity index (χ3v) is 5.53. The molecule has 6 nitrogen and oxygen atoms in total. The molecule has 0 bridgehead atoms. The maximum atomic E-state index is 13.3. The Labute approximate surface area is 191 Å². The van der Waals surface area contributed by atoms with Crippen molar-refractivity contribution in [1.29, 1.82) is 0 Å². The van der Waals surface area contributed by atoms with Crippen LogP contribution in [0.4, 0.5) is 23.7 Å². The molecule has 1 atom stereocenters. The molecule has 2 amide bonds. The first-order chi connectivity index (χ1) is 15.4. The molecule has 2 aromatic rings. The van der Waals surface area contributed by atoms with Gasteiger partial charge in [0, 0.05) is 31.2 Å². The lowest BCUT2D eigenvalue weighted by Crippen LogP contribution is -2.59. The van der Waals surface area contributed by atoms with Crippen LogP contribution in [0.3, 0.4) is 0 Å². The summed E-state index contributed by atoms with van der Waals surface area (Å²) in [6, 6.07) is 10.3. The number of fused-ring (bicyclic) bond motifs is 2. The Bertz CT molecular complexity index is 1090. The van der Waals surface area contributed by atoms with Gasteiger partial charge in [-0.05, 0) is 58.0 Å². The smallest absolute Gasteiger partial charge is 0.416 e. The van der Waals surface area contributed by atoms with Crippen LogP contribution in [-0.2, 0) is 6.18 Å². The van der Waals surface area contributed by atoms with Gasteiger partial charge in [-0.15, -0.1) is 0 Å². The summed E-state index contributed by atoms with van der Waals surface area (Å²) < 4.78 is 45.9. The molecular formula is C24H27F3N4O2. The normalized spacial score (nSPS) is 18.5. The average molecular weight is 461 g/mol. The number of alkyl halides is 3. The summed E-state index contributed by atoms with van der Waals surface area (Å²) in [6.45, 7) is 9.16.